The molecule has 4 heteroatoms. The Balaban J connectivity index is 2.03. The molecule has 1 saturated heterocycles. The number of anilines is 2. The summed E-state index contributed by atoms with van der Waals surface area (Å²) in [7, 11) is 0. The third-order valence-corrected chi connectivity index (χ3v) is 3.90. The van der Waals surface area contributed by atoms with Gasteiger partial charge in [0.1, 0.15) is 0 Å². The lowest BCUT2D eigenvalue weighted by atomic mass is 10.0. The van der Waals surface area contributed by atoms with Crippen LogP contribution in [0.1, 0.15) is 32.6 Å². The molecule has 1 heterocycles. The maximum Gasteiger partial charge on any atom is 0.227 e. The Kier molecular flexibility index (Phi) is 5.41. The average Bonchev–Trinajstić information content (AvgIpc) is 2.99. The highest BCUT2D eigenvalue weighted by atomic mass is 16.1. The van der Waals surface area contributed by atoms with E-state index >= 15 is 0 Å². The van der Waals surface area contributed by atoms with Crippen molar-refractivity contribution in [1.29, 1.82) is 0 Å². The summed E-state index contributed by atoms with van der Waals surface area (Å²) in [6, 6.07) is 8.08. The fourth-order valence-corrected chi connectivity index (χ4v) is 2.62. The zero-order valence-electron chi connectivity index (χ0n) is 12.3. The van der Waals surface area contributed by atoms with E-state index < -0.39 is 0 Å². The quantitative estimate of drug-likeness (QED) is 0.839. The van der Waals surface area contributed by atoms with Crippen molar-refractivity contribution in [2.45, 2.75) is 32.6 Å². The molecule has 1 fully saturated rings. The van der Waals surface area contributed by atoms with E-state index in [0.717, 1.165) is 37.3 Å². The molecule has 2 rings (SSSR count). The Bertz CT molecular complexity index is 441. The van der Waals surface area contributed by atoms with Gasteiger partial charge in [0.15, 0.2) is 0 Å². The number of carbonyl (C=O) groups excluding carboxylic acids is 1. The van der Waals surface area contributed by atoms with Gasteiger partial charge in [-0.15, -0.1) is 0 Å². The molecule has 0 saturated carbocycles. The van der Waals surface area contributed by atoms with Crippen LogP contribution in [0.2, 0.25) is 0 Å². The third kappa shape index (κ3) is 3.73. The molecule has 0 spiro atoms. The Morgan fingerprint density at radius 2 is 2.05 bits per heavy atom. The van der Waals surface area contributed by atoms with Gasteiger partial charge in [-0.1, -0.05) is 19.1 Å². The van der Waals surface area contributed by atoms with Gasteiger partial charge >= 0.3 is 0 Å². The molecule has 0 bridgehead atoms. The molecule has 1 aromatic carbocycles. The average molecular weight is 275 g/mol. The van der Waals surface area contributed by atoms with E-state index in [9.17, 15) is 4.79 Å². The summed E-state index contributed by atoms with van der Waals surface area (Å²) >= 11 is 0. The number of nitrogens with one attached hydrogen (secondary N) is 1. The van der Waals surface area contributed by atoms with Gasteiger partial charge in [-0.25, -0.2) is 0 Å². The lowest BCUT2D eigenvalue weighted by Gasteiger charge is -2.22. The molecular weight excluding hydrogens is 250 g/mol. The van der Waals surface area contributed by atoms with Gasteiger partial charge in [0.2, 0.25) is 5.91 Å². The van der Waals surface area contributed by atoms with Crippen molar-refractivity contribution in [3.8, 4) is 0 Å². The minimum absolute atomic E-state index is 0.00480. The highest BCUT2D eigenvalue weighted by Crippen LogP contribution is 2.29. The summed E-state index contributed by atoms with van der Waals surface area (Å²) in [6.45, 7) is 4.76. The maximum absolute atomic E-state index is 12.2. The first-order valence-electron chi connectivity index (χ1n) is 7.57. The molecule has 1 aliphatic heterocycles. The van der Waals surface area contributed by atoms with Gasteiger partial charge in [0.25, 0.3) is 0 Å². The Morgan fingerprint density at radius 1 is 1.35 bits per heavy atom. The molecule has 3 N–H and O–H groups in total. The van der Waals surface area contributed by atoms with Crippen LogP contribution >= 0.6 is 0 Å². The number of rotatable bonds is 6. The van der Waals surface area contributed by atoms with Crippen LogP contribution in [0.25, 0.3) is 0 Å². The zero-order chi connectivity index (χ0) is 14.4. The summed E-state index contributed by atoms with van der Waals surface area (Å²) in [4.78, 5) is 14.6. The molecule has 1 unspecified atom stereocenters. The molecule has 1 atom stereocenters. The Labute approximate surface area is 121 Å². The number of nitrogens with two attached hydrogens (primary N) is 1. The van der Waals surface area contributed by atoms with Gasteiger partial charge in [-0.3, -0.25) is 4.79 Å². The summed E-state index contributed by atoms with van der Waals surface area (Å²) in [6.07, 6.45) is 4.20. The van der Waals surface area contributed by atoms with Crippen LogP contribution in [-0.4, -0.2) is 25.5 Å². The molecule has 1 aromatic rings. The zero-order valence-corrected chi connectivity index (χ0v) is 12.3. The Hall–Kier alpha value is -1.55. The summed E-state index contributed by atoms with van der Waals surface area (Å²) in [5.74, 6) is 0.0929. The van der Waals surface area contributed by atoms with Crippen molar-refractivity contribution >= 4 is 17.3 Å². The standard InChI is InChI=1S/C16H25N3O/c1-13(7-6-10-17)16(20)18-14-8-2-3-9-15(14)19-11-4-5-12-19/h2-3,8-9,13H,4-7,10-12,17H2,1H3,(H,18,20). The second-order valence-corrected chi connectivity index (χ2v) is 5.53. The van der Waals surface area contributed by atoms with Crippen molar-refractivity contribution < 1.29 is 4.79 Å². The minimum Gasteiger partial charge on any atom is -0.370 e. The van der Waals surface area contributed by atoms with E-state index in [4.69, 9.17) is 5.73 Å². The number of hydrogen-bond acceptors (Lipinski definition) is 3. The fraction of sp³-hybridized carbons (Fsp3) is 0.562. The molecule has 1 amide bonds. The van der Waals surface area contributed by atoms with Crippen LogP contribution in [0.15, 0.2) is 24.3 Å². The van der Waals surface area contributed by atoms with Crippen LogP contribution in [-0.2, 0) is 4.79 Å². The molecule has 20 heavy (non-hydrogen) atoms. The molecule has 4 nitrogen and oxygen atoms in total. The van der Waals surface area contributed by atoms with Crippen LogP contribution in [0.4, 0.5) is 11.4 Å². The monoisotopic (exact) mass is 275 g/mol. The van der Waals surface area contributed by atoms with Gasteiger partial charge in [0, 0.05) is 19.0 Å². The second-order valence-electron chi connectivity index (χ2n) is 5.53. The van der Waals surface area contributed by atoms with Crippen molar-refractivity contribution in [2.75, 3.05) is 29.9 Å². The van der Waals surface area contributed by atoms with E-state index in [1.54, 1.807) is 0 Å². The highest BCUT2D eigenvalue weighted by molar-refractivity contribution is 5.95. The predicted molar refractivity (Wildman–Crippen MR) is 84.0 cm³/mol. The Morgan fingerprint density at radius 3 is 2.75 bits per heavy atom. The number of carbonyl (C=O) groups is 1. The predicted octanol–water partition coefficient (Wildman–Crippen LogP) is 2.60. The lowest BCUT2D eigenvalue weighted by molar-refractivity contribution is -0.119. The van der Waals surface area contributed by atoms with Crippen LogP contribution < -0.4 is 16.0 Å². The van der Waals surface area contributed by atoms with Crippen molar-refractivity contribution in [2.24, 2.45) is 11.7 Å². The maximum atomic E-state index is 12.2. The summed E-state index contributed by atoms with van der Waals surface area (Å²) in [5.41, 5.74) is 7.57. The first-order valence-corrected chi connectivity index (χ1v) is 7.57. The smallest absolute Gasteiger partial charge is 0.227 e. The SMILES string of the molecule is CC(CCCN)C(=O)Nc1ccccc1N1CCCC1. The van der Waals surface area contributed by atoms with Crippen LogP contribution in [0, 0.1) is 5.92 Å². The molecular formula is C16H25N3O. The van der Waals surface area contributed by atoms with E-state index in [-0.39, 0.29) is 11.8 Å². The number of para-hydroxylation sites is 2. The largest absolute Gasteiger partial charge is 0.370 e. The normalized spacial score (nSPS) is 16.2. The van der Waals surface area contributed by atoms with Crippen molar-refractivity contribution in [1.82, 2.24) is 0 Å². The summed E-state index contributed by atoms with van der Waals surface area (Å²) in [5, 5.41) is 3.07. The fourth-order valence-electron chi connectivity index (χ4n) is 2.62. The van der Waals surface area contributed by atoms with E-state index in [1.165, 1.54) is 12.8 Å². The first-order chi connectivity index (χ1) is 9.72. The van der Waals surface area contributed by atoms with Gasteiger partial charge in [0.05, 0.1) is 11.4 Å². The first kappa shape index (κ1) is 14.9. The van der Waals surface area contributed by atoms with Gasteiger partial charge < -0.3 is 16.0 Å². The lowest BCUT2D eigenvalue weighted by Crippen LogP contribution is -2.24. The number of hydrogen-bond donors (Lipinski definition) is 2. The molecule has 110 valence electrons. The van der Waals surface area contributed by atoms with Gasteiger partial charge in [-0.2, -0.15) is 0 Å². The van der Waals surface area contributed by atoms with Crippen molar-refractivity contribution in [3.05, 3.63) is 24.3 Å². The number of amides is 1. The number of nitrogens with zero attached hydrogens (tertiary/aromatic N) is 1. The third-order valence-electron chi connectivity index (χ3n) is 3.90. The highest BCUT2D eigenvalue weighted by Gasteiger charge is 2.18. The van der Waals surface area contributed by atoms with Crippen LogP contribution in [0.3, 0.4) is 0 Å². The van der Waals surface area contributed by atoms with E-state index in [1.807, 2.05) is 25.1 Å². The topological polar surface area (TPSA) is 58.4 Å². The van der Waals surface area contributed by atoms with Crippen LogP contribution in [0.5, 0.6) is 0 Å². The minimum atomic E-state index is 0.00480. The molecule has 1 aliphatic rings. The molecule has 0 aliphatic carbocycles. The number of benzene rings is 1. The molecule has 0 aromatic heterocycles. The second kappa shape index (κ2) is 7.29. The van der Waals surface area contributed by atoms with Gasteiger partial charge in [-0.05, 0) is 44.4 Å². The van der Waals surface area contributed by atoms with E-state index in [0.29, 0.717) is 6.54 Å². The van der Waals surface area contributed by atoms with E-state index in [2.05, 4.69) is 16.3 Å². The summed E-state index contributed by atoms with van der Waals surface area (Å²) < 4.78 is 0. The van der Waals surface area contributed by atoms with Crippen molar-refractivity contribution in [3.63, 3.8) is 0 Å². The molecule has 0 radical (unpaired) electrons.